The van der Waals surface area contributed by atoms with E-state index in [2.05, 4.69) is 0 Å². The summed E-state index contributed by atoms with van der Waals surface area (Å²) in [5.41, 5.74) is 2.73. The standard InChI is InChI=1S/C17H20ClNO3S/c1-11-10-16(22-5)12(2)13(3)17(11)23(20,21)19(4)15-8-6-14(18)7-9-15/h6-10H,1-5H3. The van der Waals surface area contributed by atoms with Gasteiger partial charge in [-0.15, -0.1) is 0 Å². The molecule has 23 heavy (non-hydrogen) atoms. The Hall–Kier alpha value is -1.72. The van der Waals surface area contributed by atoms with Crippen LogP contribution < -0.4 is 9.04 Å². The number of hydrogen-bond acceptors (Lipinski definition) is 3. The quantitative estimate of drug-likeness (QED) is 0.831. The maximum absolute atomic E-state index is 13.1. The summed E-state index contributed by atoms with van der Waals surface area (Å²) in [7, 11) is -0.562. The topological polar surface area (TPSA) is 46.6 Å². The van der Waals surface area contributed by atoms with Gasteiger partial charge in [-0.05, 0) is 67.8 Å². The van der Waals surface area contributed by atoms with E-state index in [9.17, 15) is 8.42 Å². The molecule has 124 valence electrons. The molecule has 0 saturated heterocycles. The van der Waals surface area contributed by atoms with E-state index in [0.717, 1.165) is 5.56 Å². The molecule has 4 nitrogen and oxygen atoms in total. The second-order valence-corrected chi connectivity index (χ2v) is 7.77. The predicted octanol–water partition coefficient (Wildman–Crippen LogP) is 4.10. The SMILES string of the molecule is COc1cc(C)c(S(=O)(=O)N(C)c2ccc(Cl)cc2)c(C)c1C. The molecule has 0 atom stereocenters. The van der Waals surface area contributed by atoms with Crippen LogP contribution in [0.1, 0.15) is 16.7 Å². The summed E-state index contributed by atoms with van der Waals surface area (Å²) in [6, 6.07) is 8.45. The number of sulfonamides is 1. The lowest BCUT2D eigenvalue weighted by Crippen LogP contribution is -2.28. The van der Waals surface area contributed by atoms with Gasteiger partial charge in [0.2, 0.25) is 0 Å². The van der Waals surface area contributed by atoms with Crippen molar-refractivity contribution in [2.24, 2.45) is 0 Å². The first-order valence-electron chi connectivity index (χ1n) is 7.09. The van der Waals surface area contributed by atoms with E-state index >= 15 is 0 Å². The Bertz CT molecular complexity index is 830. The lowest BCUT2D eigenvalue weighted by Gasteiger charge is -2.23. The summed E-state index contributed by atoms with van der Waals surface area (Å²) in [6.07, 6.45) is 0. The third-order valence-electron chi connectivity index (χ3n) is 4.01. The van der Waals surface area contributed by atoms with Gasteiger partial charge in [0, 0.05) is 12.1 Å². The van der Waals surface area contributed by atoms with Crippen molar-refractivity contribution in [1.82, 2.24) is 0 Å². The summed E-state index contributed by atoms with van der Waals surface area (Å²) in [4.78, 5) is 0.313. The van der Waals surface area contributed by atoms with Gasteiger partial charge in [0.1, 0.15) is 5.75 Å². The zero-order valence-corrected chi connectivity index (χ0v) is 15.4. The highest BCUT2D eigenvalue weighted by molar-refractivity contribution is 7.92. The van der Waals surface area contributed by atoms with Gasteiger partial charge in [-0.2, -0.15) is 0 Å². The minimum atomic E-state index is -3.68. The van der Waals surface area contributed by atoms with Crippen LogP contribution in [0.4, 0.5) is 5.69 Å². The summed E-state index contributed by atoms with van der Waals surface area (Å²) < 4.78 is 32.7. The minimum Gasteiger partial charge on any atom is -0.496 e. The van der Waals surface area contributed by atoms with Crippen LogP contribution in [0.15, 0.2) is 35.2 Å². The molecule has 0 N–H and O–H groups in total. The molecule has 0 saturated carbocycles. The Kier molecular flexibility index (Phi) is 4.92. The summed E-state index contributed by atoms with van der Waals surface area (Å²) in [6.45, 7) is 5.43. The lowest BCUT2D eigenvalue weighted by molar-refractivity contribution is 0.410. The molecule has 2 aromatic carbocycles. The van der Waals surface area contributed by atoms with Crippen molar-refractivity contribution in [3.8, 4) is 5.75 Å². The van der Waals surface area contributed by atoms with Crippen LogP contribution in [-0.2, 0) is 10.0 Å². The highest BCUT2D eigenvalue weighted by Crippen LogP contribution is 2.33. The Morgan fingerprint density at radius 2 is 1.61 bits per heavy atom. The van der Waals surface area contributed by atoms with Crippen molar-refractivity contribution in [3.05, 3.63) is 52.0 Å². The van der Waals surface area contributed by atoms with Crippen molar-refractivity contribution in [2.75, 3.05) is 18.5 Å². The number of benzene rings is 2. The molecule has 0 aromatic heterocycles. The lowest BCUT2D eigenvalue weighted by atomic mass is 10.1. The van der Waals surface area contributed by atoms with Gasteiger partial charge in [0.05, 0.1) is 17.7 Å². The zero-order chi connectivity index (χ0) is 17.4. The van der Waals surface area contributed by atoms with Crippen LogP contribution in [-0.4, -0.2) is 22.6 Å². The molecular formula is C17H20ClNO3S. The average Bonchev–Trinajstić information content (AvgIpc) is 2.50. The number of nitrogens with zero attached hydrogens (tertiary/aromatic N) is 1. The molecule has 0 aliphatic heterocycles. The maximum Gasteiger partial charge on any atom is 0.264 e. The number of anilines is 1. The van der Waals surface area contributed by atoms with Crippen molar-refractivity contribution in [3.63, 3.8) is 0 Å². The van der Waals surface area contributed by atoms with E-state index in [0.29, 0.717) is 32.5 Å². The molecule has 2 rings (SSSR count). The largest absolute Gasteiger partial charge is 0.496 e. The van der Waals surface area contributed by atoms with Gasteiger partial charge in [0.15, 0.2) is 0 Å². The third-order valence-corrected chi connectivity index (χ3v) is 6.34. The minimum absolute atomic E-state index is 0.313. The average molecular weight is 354 g/mol. The molecule has 0 unspecified atom stereocenters. The van der Waals surface area contributed by atoms with Crippen LogP contribution in [0.3, 0.4) is 0 Å². The van der Waals surface area contributed by atoms with E-state index in [1.54, 1.807) is 51.3 Å². The fourth-order valence-corrected chi connectivity index (χ4v) is 4.36. The highest BCUT2D eigenvalue weighted by atomic mass is 35.5. The van der Waals surface area contributed by atoms with Gasteiger partial charge in [-0.3, -0.25) is 4.31 Å². The number of hydrogen-bond donors (Lipinski definition) is 0. The van der Waals surface area contributed by atoms with Crippen LogP contribution in [0.25, 0.3) is 0 Å². The molecule has 6 heteroatoms. The number of methoxy groups -OCH3 is 1. The number of ether oxygens (including phenoxy) is 1. The molecule has 0 radical (unpaired) electrons. The van der Waals surface area contributed by atoms with E-state index in [1.807, 2.05) is 6.92 Å². The van der Waals surface area contributed by atoms with Gasteiger partial charge >= 0.3 is 0 Å². The number of aryl methyl sites for hydroxylation is 1. The van der Waals surface area contributed by atoms with E-state index in [4.69, 9.17) is 16.3 Å². The van der Waals surface area contributed by atoms with Crippen molar-refractivity contribution in [1.29, 1.82) is 0 Å². The smallest absolute Gasteiger partial charge is 0.264 e. The number of halogens is 1. The first-order valence-corrected chi connectivity index (χ1v) is 8.91. The number of rotatable bonds is 4. The highest BCUT2D eigenvalue weighted by Gasteiger charge is 2.27. The Morgan fingerprint density at radius 1 is 1.04 bits per heavy atom. The molecule has 0 fully saturated rings. The Labute approximate surface area is 142 Å². The van der Waals surface area contributed by atoms with Gasteiger partial charge < -0.3 is 4.74 Å². The molecule has 0 aliphatic carbocycles. The second-order valence-electron chi connectivity index (χ2n) is 5.42. The van der Waals surface area contributed by atoms with Crippen LogP contribution in [0, 0.1) is 20.8 Å². The third kappa shape index (κ3) is 3.16. The van der Waals surface area contributed by atoms with Crippen molar-refractivity contribution < 1.29 is 13.2 Å². The summed E-state index contributed by atoms with van der Waals surface area (Å²) in [5, 5.41) is 0.562. The molecule has 2 aromatic rings. The molecule has 0 spiro atoms. The van der Waals surface area contributed by atoms with Gasteiger partial charge in [-0.1, -0.05) is 11.6 Å². The van der Waals surface area contributed by atoms with E-state index < -0.39 is 10.0 Å². The molecule has 0 heterocycles. The van der Waals surface area contributed by atoms with Crippen molar-refractivity contribution >= 4 is 27.3 Å². The second kappa shape index (κ2) is 6.42. The van der Waals surface area contributed by atoms with Crippen LogP contribution >= 0.6 is 11.6 Å². The summed E-state index contributed by atoms with van der Waals surface area (Å²) in [5.74, 6) is 0.688. The van der Waals surface area contributed by atoms with Crippen molar-refractivity contribution in [2.45, 2.75) is 25.7 Å². The van der Waals surface area contributed by atoms with E-state index in [-0.39, 0.29) is 0 Å². The molecule has 0 amide bonds. The van der Waals surface area contributed by atoms with Crippen LogP contribution in [0.5, 0.6) is 5.75 Å². The molecular weight excluding hydrogens is 334 g/mol. The fourth-order valence-electron chi connectivity index (χ4n) is 2.56. The molecule has 0 aliphatic rings. The van der Waals surface area contributed by atoms with E-state index in [1.165, 1.54) is 11.4 Å². The van der Waals surface area contributed by atoms with Gasteiger partial charge in [-0.25, -0.2) is 8.42 Å². The Balaban J connectivity index is 2.60. The first-order chi connectivity index (χ1) is 10.7. The first kappa shape index (κ1) is 17.6. The molecule has 0 bridgehead atoms. The normalized spacial score (nSPS) is 11.4. The predicted molar refractivity (Wildman–Crippen MR) is 94.2 cm³/mol. The summed E-state index contributed by atoms with van der Waals surface area (Å²) >= 11 is 5.87. The maximum atomic E-state index is 13.1. The van der Waals surface area contributed by atoms with Crippen LogP contribution in [0.2, 0.25) is 5.02 Å². The van der Waals surface area contributed by atoms with Gasteiger partial charge in [0.25, 0.3) is 10.0 Å². The fraction of sp³-hybridized carbons (Fsp3) is 0.294. The Morgan fingerprint density at radius 3 is 2.13 bits per heavy atom. The zero-order valence-electron chi connectivity index (χ0n) is 13.8. The monoisotopic (exact) mass is 353 g/mol.